The molecule has 2 N–H and O–H groups in total. The zero-order chi connectivity index (χ0) is 13.0. The molecule has 0 aliphatic rings. The van der Waals surface area contributed by atoms with E-state index in [1.165, 1.54) is 0 Å². The van der Waals surface area contributed by atoms with E-state index >= 15 is 0 Å². The predicted octanol–water partition coefficient (Wildman–Crippen LogP) is 1.89. The lowest BCUT2D eigenvalue weighted by molar-refractivity contribution is -0.139. The highest BCUT2D eigenvalue weighted by Crippen LogP contribution is 2.14. The number of hydrogen-bond donors (Lipinski definition) is 2. The SMILES string of the molecule is O=C(O)CC(=O)Nc1cccc(-n2cccc2)c1. The summed E-state index contributed by atoms with van der Waals surface area (Å²) >= 11 is 0. The van der Waals surface area contributed by atoms with Crippen LogP contribution < -0.4 is 5.32 Å². The lowest BCUT2D eigenvalue weighted by atomic mass is 10.2. The van der Waals surface area contributed by atoms with Gasteiger partial charge in [0.1, 0.15) is 6.42 Å². The average molecular weight is 244 g/mol. The number of aromatic nitrogens is 1. The molecule has 0 saturated heterocycles. The van der Waals surface area contributed by atoms with E-state index in [4.69, 9.17) is 5.11 Å². The normalized spacial score (nSPS) is 10.0. The van der Waals surface area contributed by atoms with Crippen molar-refractivity contribution >= 4 is 17.6 Å². The van der Waals surface area contributed by atoms with Gasteiger partial charge in [0.05, 0.1) is 0 Å². The Labute approximate surface area is 104 Å². The van der Waals surface area contributed by atoms with E-state index in [1.54, 1.807) is 18.2 Å². The molecule has 18 heavy (non-hydrogen) atoms. The van der Waals surface area contributed by atoms with Gasteiger partial charge in [0.25, 0.3) is 0 Å². The molecule has 0 aliphatic carbocycles. The van der Waals surface area contributed by atoms with Gasteiger partial charge in [-0.2, -0.15) is 0 Å². The van der Waals surface area contributed by atoms with Gasteiger partial charge < -0.3 is 15.0 Å². The van der Waals surface area contributed by atoms with Gasteiger partial charge >= 0.3 is 5.97 Å². The summed E-state index contributed by atoms with van der Waals surface area (Å²) in [6, 6.07) is 11.0. The van der Waals surface area contributed by atoms with E-state index < -0.39 is 18.3 Å². The number of anilines is 1. The maximum Gasteiger partial charge on any atom is 0.312 e. The summed E-state index contributed by atoms with van der Waals surface area (Å²) in [5, 5.41) is 11.0. The molecule has 5 nitrogen and oxygen atoms in total. The van der Waals surface area contributed by atoms with Gasteiger partial charge in [0.2, 0.25) is 5.91 Å². The standard InChI is InChI=1S/C13H12N2O3/c16-12(9-13(17)18)14-10-4-3-5-11(8-10)15-6-1-2-7-15/h1-8H,9H2,(H,14,16)(H,17,18). The van der Waals surface area contributed by atoms with Crippen LogP contribution in [0.4, 0.5) is 5.69 Å². The Kier molecular flexibility index (Phi) is 3.43. The summed E-state index contributed by atoms with van der Waals surface area (Å²) in [5.74, 6) is -1.68. The minimum atomic E-state index is -1.14. The topological polar surface area (TPSA) is 71.3 Å². The van der Waals surface area contributed by atoms with E-state index in [2.05, 4.69) is 5.32 Å². The smallest absolute Gasteiger partial charge is 0.312 e. The first-order chi connectivity index (χ1) is 8.65. The summed E-state index contributed by atoms with van der Waals surface area (Å²) in [7, 11) is 0. The Balaban J connectivity index is 2.13. The number of hydrogen-bond acceptors (Lipinski definition) is 2. The van der Waals surface area contributed by atoms with Crippen LogP contribution in [0.3, 0.4) is 0 Å². The van der Waals surface area contributed by atoms with Crippen molar-refractivity contribution in [2.75, 3.05) is 5.32 Å². The predicted molar refractivity (Wildman–Crippen MR) is 66.7 cm³/mol. The van der Waals surface area contributed by atoms with Crippen LogP contribution in [-0.4, -0.2) is 21.6 Å². The molecule has 1 heterocycles. The van der Waals surface area contributed by atoms with E-state index in [1.807, 2.05) is 35.2 Å². The first-order valence-electron chi connectivity index (χ1n) is 5.40. The number of benzene rings is 1. The highest BCUT2D eigenvalue weighted by atomic mass is 16.4. The summed E-state index contributed by atoms with van der Waals surface area (Å²) in [6.07, 6.45) is 3.24. The molecule has 2 aromatic rings. The fraction of sp³-hybridized carbons (Fsp3) is 0.0769. The van der Waals surface area contributed by atoms with Gasteiger partial charge in [-0.15, -0.1) is 0 Å². The van der Waals surface area contributed by atoms with Crippen LogP contribution in [0.25, 0.3) is 5.69 Å². The summed E-state index contributed by atoms with van der Waals surface area (Å²) in [5.41, 5.74) is 1.47. The molecule has 1 aromatic carbocycles. The van der Waals surface area contributed by atoms with Gasteiger partial charge in [-0.05, 0) is 30.3 Å². The van der Waals surface area contributed by atoms with Crippen LogP contribution in [0.5, 0.6) is 0 Å². The molecule has 0 unspecified atom stereocenters. The monoisotopic (exact) mass is 244 g/mol. The molecule has 0 spiro atoms. The summed E-state index contributed by atoms with van der Waals surface area (Å²) in [4.78, 5) is 21.7. The van der Waals surface area contributed by atoms with Crippen molar-refractivity contribution in [3.05, 3.63) is 48.8 Å². The van der Waals surface area contributed by atoms with Crippen LogP contribution in [0.2, 0.25) is 0 Å². The van der Waals surface area contributed by atoms with Crippen LogP contribution in [0, 0.1) is 0 Å². The van der Waals surface area contributed by atoms with Crippen molar-refractivity contribution in [1.29, 1.82) is 0 Å². The maximum absolute atomic E-state index is 11.3. The van der Waals surface area contributed by atoms with Gasteiger partial charge in [-0.1, -0.05) is 6.07 Å². The number of amides is 1. The Hall–Kier alpha value is -2.56. The number of rotatable bonds is 4. The van der Waals surface area contributed by atoms with E-state index in [0.29, 0.717) is 5.69 Å². The minimum Gasteiger partial charge on any atom is -0.481 e. The number of carbonyl (C=O) groups is 2. The largest absolute Gasteiger partial charge is 0.481 e. The molecule has 2 rings (SSSR count). The molecular weight excluding hydrogens is 232 g/mol. The summed E-state index contributed by atoms with van der Waals surface area (Å²) in [6.45, 7) is 0. The van der Waals surface area contributed by atoms with Crippen LogP contribution in [-0.2, 0) is 9.59 Å². The van der Waals surface area contributed by atoms with Gasteiger partial charge in [0.15, 0.2) is 0 Å². The quantitative estimate of drug-likeness (QED) is 0.807. The minimum absolute atomic E-state index is 0.534. The van der Waals surface area contributed by atoms with E-state index in [0.717, 1.165) is 5.69 Å². The van der Waals surface area contributed by atoms with Gasteiger partial charge in [0, 0.05) is 23.8 Å². The number of aliphatic carboxylic acids is 1. The van der Waals surface area contributed by atoms with Crippen molar-refractivity contribution in [3.8, 4) is 5.69 Å². The van der Waals surface area contributed by atoms with Crippen molar-refractivity contribution in [1.82, 2.24) is 4.57 Å². The lowest BCUT2D eigenvalue weighted by Gasteiger charge is -2.07. The Morgan fingerprint density at radius 3 is 2.56 bits per heavy atom. The molecule has 1 amide bonds. The number of nitrogens with one attached hydrogen (secondary N) is 1. The fourth-order valence-electron chi connectivity index (χ4n) is 1.59. The second-order valence-corrected chi connectivity index (χ2v) is 3.76. The van der Waals surface area contributed by atoms with Crippen molar-refractivity contribution < 1.29 is 14.7 Å². The molecule has 0 radical (unpaired) electrons. The van der Waals surface area contributed by atoms with Gasteiger partial charge in [-0.3, -0.25) is 9.59 Å². The third-order valence-electron chi connectivity index (χ3n) is 2.34. The third kappa shape index (κ3) is 2.98. The molecular formula is C13H12N2O3. The highest BCUT2D eigenvalue weighted by molar-refractivity contribution is 6.01. The number of nitrogens with zero attached hydrogens (tertiary/aromatic N) is 1. The summed E-state index contributed by atoms with van der Waals surface area (Å²) < 4.78 is 1.90. The maximum atomic E-state index is 11.3. The van der Waals surface area contributed by atoms with Gasteiger partial charge in [-0.25, -0.2) is 0 Å². The van der Waals surface area contributed by atoms with Crippen LogP contribution in [0.1, 0.15) is 6.42 Å². The molecule has 0 saturated carbocycles. The molecule has 92 valence electrons. The van der Waals surface area contributed by atoms with Crippen molar-refractivity contribution in [2.45, 2.75) is 6.42 Å². The van der Waals surface area contributed by atoms with Crippen LogP contribution in [0.15, 0.2) is 48.8 Å². The molecule has 0 fully saturated rings. The Morgan fingerprint density at radius 2 is 1.89 bits per heavy atom. The molecule has 1 aromatic heterocycles. The zero-order valence-electron chi connectivity index (χ0n) is 9.54. The van der Waals surface area contributed by atoms with E-state index in [-0.39, 0.29) is 0 Å². The number of carboxylic acids is 1. The van der Waals surface area contributed by atoms with Crippen molar-refractivity contribution in [2.24, 2.45) is 0 Å². The second-order valence-electron chi connectivity index (χ2n) is 3.76. The Morgan fingerprint density at radius 1 is 1.17 bits per heavy atom. The average Bonchev–Trinajstić information content (AvgIpc) is 2.81. The fourth-order valence-corrected chi connectivity index (χ4v) is 1.59. The molecule has 0 aliphatic heterocycles. The first-order valence-corrected chi connectivity index (χ1v) is 5.40. The second kappa shape index (κ2) is 5.18. The van der Waals surface area contributed by atoms with Crippen molar-refractivity contribution in [3.63, 3.8) is 0 Å². The third-order valence-corrected chi connectivity index (χ3v) is 2.34. The molecule has 0 atom stereocenters. The number of carbonyl (C=O) groups excluding carboxylic acids is 1. The van der Waals surface area contributed by atoms with Crippen LogP contribution >= 0.6 is 0 Å². The first kappa shape index (κ1) is 11.9. The highest BCUT2D eigenvalue weighted by Gasteiger charge is 2.07. The van der Waals surface area contributed by atoms with E-state index in [9.17, 15) is 9.59 Å². The molecule has 5 heteroatoms. The number of carboxylic acid groups (broad SMARTS) is 1. The lowest BCUT2D eigenvalue weighted by Crippen LogP contribution is -2.15. The zero-order valence-corrected chi connectivity index (χ0v) is 9.54. The molecule has 0 bridgehead atoms. The Bertz CT molecular complexity index is 561.